The van der Waals surface area contributed by atoms with Crippen LogP contribution < -0.4 is 9.47 Å². The highest BCUT2D eigenvalue weighted by Gasteiger charge is 2.34. The molecular weight excluding hydrogens is 398 g/mol. The Morgan fingerprint density at radius 2 is 1.76 bits per heavy atom. The van der Waals surface area contributed by atoms with Crippen LogP contribution in [0.5, 0.6) is 11.5 Å². The Bertz CT molecular complexity index is 954. The van der Waals surface area contributed by atoms with E-state index in [1.807, 2.05) is 0 Å². The van der Waals surface area contributed by atoms with Gasteiger partial charge >= 0.3 is 5.97 Å². The van der Waals surface area contributed by atoms with Gasteiger partial charge in [-0.3, -0.25) is 19.3 Å². The predicted molar refractivity (Wildman–Crippen MR) is 104 cm³/mol. The standard InChI is InChI=1S/C21H18ClNO6/c22-16-10-13(11-17-19(16)29-8-3-7-27-17)12-18(24)28-9-6-23-20(25)14-4-1-2-5-15(14)21(23)26/h1-2,4-5,10-11H,3,6-9,12H2. The molecule has 2 heterocycles. The first-order chi connectivity index (χ1) is 14.0. The Labute approximate surface area is 172 Å². The van der Waals surface area contributed by atoms with E-state index in [4.69, 9.17) is 25.8 Å². The number of carbonyl (C=O) groups excluding carboxylic acids is 3. The van der Waals surface area contributed by atoms with Crippen molar-refractivity contribution in [2.45, 2.75) is 12.8 Å². The second kappa shape index (κ2) is 8.13. The highest BCUT2D eigenvalue weighted by Crippen LogP contribution is 2.38. The summed E-state index contributed by atoms with van der Waals surface area (Å²) in [5.74, 6) is -0.268. The normalized spacial score (nSPS) is 15.1. The Morgan fingerprint density at radius 3 is 2.48 bits per heavy atom. The van der Waals surface area contributed by atoms with E-state index in [0.717, 1.165) is 11.3 Å². The van der Waals surface area contributed by atoms with Gasteiger partial charge in [-0.25, -0.2) is 0 Å². The maximum Gasteiger partial charge on any atom is 0.310 e. The molecule has 0 saturated heterocycles. The Balaban J connectivity index is 1.33. The number of esters is 1. The maximum atomic E-state index is 12.3. The molecule has 0 N–H and O–H groups in total. The molecule has 8 heteroatoms. The third-order valence-corrected chi connectivity index (χ3v) is 4.95. The zero-order valence-corrected chi connectivity index (χ0v) is 16.2. The molecule has 2 amide bonds. The third-order valence-electron chi connectivity index (χ3n) is 4.67. The highest BCUT2D eigenvalue weighted by atomic mass is 35.5. The van der Waals surface area contributed by atoms with Crippen molar-refractivity contribution in [1.82, 2.24) is 4.90 Å². The van der Waals surface area contributed by atoms with Gasteiger partial charge in [-0.05, 0) is 29.8 Å². The Kier molecular flexibility index (Phi) is 5.40. The van der Waals surface area contributed by atoms with Crippen molar-refractivity contribution in [3.8, 4) is 11.5 Å². The molecule has 0 atom stereocenters. The van der Waals surface area contributed by atoms with Gasteiger partial charge in [0.1, 0.15) is 6.61 Å². The zero-order chi connectivity index (χ0) is 20.4. The van der Waals surface area contributed by atoms with Crippen LogP contribution in [0.2, 0.25) is 5.02 Å². The van der Waals surface area contributed by atoms with Crippen LogP contribution >= 0.6 is 11.6 Å². The number of ether oxygens (including phenoxy) is 3. The molecule has 0 radical (unpaired) electrons. The van der Waals surface area contributed by atoms with Crippen LogP contribution in [-0.2, 0) is 16.0 Å². The lowest BCUT2D eigenvalue weighted by Gasteiger charge is -2.14. The summed E-state index contributed by atoms with van der Waals surface area (Å²) in [6.07, 6.45) is 0.735. The van der Waals surface area contributed by atoms with Gasteiger partial charge in [0.2, 0.25) is 0 Å². The van der Waals surface area contributed by atoms with Gasteiger partial charge in [0.25, 0.3) is 11.8 Å². The number of imide groups is 1. The molecule has 2 aromatic rings. The SMILES string of the molecule is O=C(Cc1cc(Cl)c2c(c1)OCCCO2)OCCN1C(=O)c2ccccc2C1=O. The fraction of sp³-hybridized carbons (Fsp3) is 0.286. The first-order valence-electron chi connectivity index (χ1n) is 9.23. The van der Waals surface area contributed by atoms with E-state index in [0.29, 0.717) is 46.4 Å². The molecule has 0 aliphatic carbocycles. The molecule has 29 heavy (non-hydrogen) atoms. The largest absolute Gasteiger partial charge is 0.489 e. The minimum atomic E-state index is -0.493. The van der Waals surface area contributed by atoms with Crippen molar-refractivity contribution in [2.75, 3.05) is 26.4 Å². The Hall–Kier alpha value is -3.06. The monoisotopic (exact) mass is 415 g/mol. The van der Waals surface area contributed by atoms with Gasteiger partial charge in [-0.1, -0.05) is 23.7 Å². The molecule has 0 unspecified atom stereocenters. The molecule has 0 fully saturated rings. The molecule has 0 bridgehead atoms. The minimum Gasteiger partial charge on any atom is -0.489 e. The summed E-state index contributed by atoms with van der Waals surface area (Å²) in [5, 5.41) is 0.373. The van der Waals surface area contributed by atoms with Gasteiger partial charge in [0, 0.05) is 6.42 Å². The van der Waals surface area contributed by atoms with Crippen LogP contribution in [0.15, 0.2) is 36.4 Å². The number of carbonyl (C=O) groups is 3. The second-order valence-electron chi connectivity index (χ2n) is 6.66. The molecule has 2 aromatic carbocycles. The van der Waals surface area contributed by atoms with Crippen molar-refractivity contribution in [2.24, 2.45) is 0 Å². The van der Waals surface area contributed by atoms with E-state index in [1.54, 1.807) is 36.4 Å². The molecule has 2 aliphatic rings. The maximum absolute atomic E-state index is 12.3. The summed E-state index contributed by atoms with van der Waals surface area (Å²) < 4.78 is 16.4. The fourth-order valence-corrected chi connectivity index (χ4v) is 3.58. The van der Waals surface area contributed by atoms with Crippen molar-refractivity contribution < 1.29 is 28.6 Å². The molecular formula is C21H18ClNO6. The van der Waals surface area contributed by atoms with E-state index in [2.05, 4.69) is 0 Å². The minimum absolute atomic E-state index is 0.0000181. The van der Waals surface area contributed by atoms with Crippen LogP contribution in [0.25, 0.3) is 0 Å². The van der Waals surface area contributed by atoms with Crippen LogP contribution in [-0.4, -0.2) is 49.0 Å². The van der Waals surface area contributed by atoms with Crippen LogP contribution in [0.1, 0.15) is 32.7 Å². The first-order valence-corrected chi connectivity index (χ1v) is 9.61. The second-order valence-corrected chi connectivity index (χ2v) is 7.07. The van der Waals surface area contributed by atoms with Crippen molar-refractivity contribution in [3.05, 3.63) is 58.1 Å². The molecule has 4 rings (SSSR count). The summed E-state index contributed by atoms with van der Waals surface area (Å²) in [5.41, 5.74) is 1.36. The molecule has 0 spiro atoms. The zero-order valence-electron chi connectivity index (χ0n) is 15.5. The molecule has 7 nitrogen and oxygen atoms in total. The number of hydrogen-bond donors (Lipinski definition) is 0. The van der Waals surface area contributed by atoms with Gasteiger partial charge < -0.3 is 14.2 Å². The lowest BCUT2D eigenvalue weighted by molar-refractivity contribution is -0.143. The van der Waals surface area contributed by atoms with Gasteiger partial charge in [0.15, 0.2) is 11.5 Å². The number of nitrogens with zero attached hydrogens (tertiary/aromatic N) is 1. The number of amides is 2. The smallest absolute Gasteiger partial charge is 0.310 e. The quantitative estimate of drug-likeness (QED) is 0.551. The molecule has 150 valence electrons. The van der Waals surface area contributed by atoms with Crippen molar-refractivity contribution in [3.63, 3.8) is 0 Å². The van der Waals surface area contributed by atoms with E-state index >= 15 is 0 Å². The molecule has 2 aliphatic heterocycles. The summed E-state index contributed by atoms with van der Waals surface area (Å²) in [4.78, 5) is 37.9. The van der Waals surface area contributed by atoms with Gasteiger partial charge in [-0.15, -0.1) is 0 Å². The van der Waals surface area contributed by atoms with E-state index in [9.17, 15) is 14.4 Å². The van der Waals surface area contributed by atoms with Crippen LogP contribution in [0, 0.1) is 0 Å². The predicted octanol–water partition coefficient (Wildman–Crippen LogP) is 2.88. The van der Waals surface area contributed by atoms with Crippen LogP contribution in [0.4, 0.5) is 0 Å². The number of fused-ring (bicyclic) bond motifs is 2. The van der Waals surface area contributed by atoms with Gasteiger partial charge in [0.05, 0.1) is 42.3 Å². The number of rotatable bonds is 5. The lowest BCUT2D eigenvalue weighted by atomic mass is 10.1. The summed E-state index contributed by atoms with van der Waals surface area (Å²) in [6, 6.07) is 9.96. The topological polar surface area (TPSA) is 82.1 Å². The van der Waals surface area contributed by atoms with E-state index in [-0.39, 0.29) is 31.4 Å². The molecule has 0 saturated carbocycles. The van der Waals surface area contributed by atoms with Crippen molar-refractivity contribution >= 4 is 29.4 Å². The lowest BCUT2D eigenvalue weighted by Crippen LogP contribution is -2.33. The Morgan fingerprint density at radius 1 is 1.07 bits per heavy atom. The van der Waals surface area contributed by atoms with E-state index in [1.165, 1.54) is 0 Å². The number of halogens is 1. The third kappa shape index (κ3) is 3.91. The van der Waals surface area contributed by atoms with Crippen LogP contribution in [0.3, 0.4) is 0 Å². The fourth-order valence-electron chi connectivity index (χ4n) is 3.30. The summed E-state index contributed by atoms with van der Waals surface area (Å²) in [6.45, 7) is 0.950. The van der Waals surface area contributed by atoms with Crippen molar-refractivity contribution in [1.29, 1.82) is 0 Å². The van der Waals surface area contributed by atoms with Gasteiger partial charge in [-0.2, -0.15) is 0 Å². The first kappa shape index (κ1) is 19.3. The highest BCUT2D eigenvalue weighted by molar-refractivity contribution is 6.32. The average molecular weight is 416 g/mol. The number of hydrogen-bond acceptors (Lipinski definition) is 6. The number of benzene rings is 2. The molecule has 0 aromatic heterocycles. The summed E-state index contributed by atoms with van der Waals surface area (Å²) >= 11 is 6.23. The summed E-state index contributed by atoms with van der Waals surface area (Å²) in [7, 11) is 0. The van der Waals surface area contributed by atoms with E-state index < -0.39 is 5.97 Å². The average Bonchev–Trinajstić information content (AvgIpc) is 2.87.